The summed E-state index contributed by atoms with van der Waals surface area (Å²) in [6.07, 6.45) is 1.46. The topological polar surface area (TPSA) is 32.9 Å². The van der Waals surface area contributed by atoms with E-state index < -0.39 is 0 Å². The minimum atomic E-state index is 0.253. The molecule has 0 spiro atoms. The van der Waals surface area contributed by atoms with Crippen LogP contribution in [0.4, 0.5) is 0 Å². The number of Topliss-reactive ketones (excluding diaryl/α,β-unsaturated/α-hetero) is 1. The second kappa shape index (κ2) is 4.36. The van der Waals surface area contributed by atoms with E-state index >= 15 is 0 Å². The first-order chi connectivity index (χ1) is 7.99. The lowest BCUT2D eigenvalue weighted by molar-refractivity contribution is -0.116. The summed E-state index contributed by atoms with van der Waals surface area (Å²) < 4.78 is 0. The molecule has 0 atom stereocenters. The van der Waals surface area contributed by atoms with Gasteiger partial charge in [-0.2, -0.15) is 0 Å². The Balaban J connectivity index is 2.54. The quantitative estimate of drug-likeness (QED) is 0.856. The van der Waals surface area contributed by atoms with E-state index in [9.17, 15) is 4.79 Å². The molecule has 2 heteroatoms. The number of aromatic nitrogens is 1. The second-order valence-electron chi connectivity index (χ2n) is 4.93. The molecule has 0 saturated heterocycles. The first-order valence-electron chi connectivity index (χ1n) is 6.07. The van der Waals surface area contributed by atoms with Crippen LogP contribution in [0.3, 0.4) is 0 Å². The van der Waals surface area contributed by atoms with Crippen LogP contribution < -0.4 is 0 Å². The fourth-order valence-corrected chi connectivity index (χ4v) is 2.55. The third-order valence-electron chi connectivity index (χ3n) is 3.28. The van der Waals surface area contributed by atoms with E-state index in [4.69, 9.17) is 0 Å². The molecule has 0 aliphatic carbocycles. The Kier molecular flexibility index (Phi) is 3.05. The molecule has 0 aliphatic heterocycles. The van der Waals surface area contributed by atoms with Crippen molar-refractivity contribution in [2.75, 3.05) is 0 Å². The monoisotopic (exact) mass is 229 g/mol. The maximum absolute atomic E-state index is 11.1. The van der Waals surface area contributed by atoms with Gasteiger partial charge in [-0.15, -0.1) is 0 Å². The van der Waals surface area contributed by atoms with Crippen LogP contribution in [0.5, 0.6) is 0 Å². The standard InChI is InChI=1S/C15H19NO/c1-9-7-10(2)15-13(6-5-11(3)17)12(4)16-14(15)8-9/h7-8,16H,5-6H2,1-4H3. The Bertz CT molecular complexity index is 578. The van der Waals surface area contributed by atoms with Crippen LogP contribution in [0, 0.1) is 20.8 Å². The second-order valence-corrected chi connectivity index (χ2v) is 4.93. The molecular formula is C15H19NO. The van der Waals surface area contributed by atoms with Gasteiger partial charge in [0.25, 0.3) is 0 Å². The van der Waals surface area contributed by atoms with E-state index in [1.54, 1.807) is 6.92 Å². The molecule has 1 aromatic heterocycles. The Morgan fingerprint density at radius 1 is 1.24 bits per heavy atom. The third kappa shape index (κ3) is 2.26. The minimum absolute atomic E-state index is 0.253. The molecule has 1 aromatic carbocycles. The zero-order valence-electron chi connectivity index (χ0n) is 11.0. The number of aromatic amines is 1. The molecule has 90 valence electrons. The van der Waals surface area contributed by atoms with Gasteiger partial charge in [0.05, 0.1) is 0 Å². The van der Waals surface area contributed by atoms with Crippen LogP contribution in [0.2, 0.25) is 0 Å². The maximum atomic E-state index is 11.1. The summed E-state index contributed by atoms with van der Waals surface area (Å²) in [6, 6.07) is 4.37. The summed E-state index contributed by atoms with van der Waals surface area (Å²) in [5.74, 6) is 0.253. The van der Waals surface area contributed by atoms with E-state index in [2.05, 4.69) is 37.9 Å². The van der Waals surface area contributed by atoms with Crippen LogP contribution >= 0.6 is 0 Å². The van der Waals surface area contributed by atoms with Crippen molar-refractivity contribution in [3.63, 3.8) is 0 Å². The molecule has 17 heavy (non-hydrogen) atoms. The highest BCUT2D eigenvalue weighted by atomic mass is 16.1. The smallest absolute Gasteiger partial charge is 0.130 e. The Hall–Kier alpha value is -1.57. The van der Waals surface area contributed by atoms with E-state index in [1.165, 1.54) is 33.3 Å². The van der Waals surface area contributed by atoms with Gasteiger partial charge in [-0.05, 0) is 56.9 Å². The minimum Gasteiger partial charge on any atom is -0.358 e. The number of hydrogen-bond acceptors (Lipinski definition) is 1. The van der Waals surface area contributed by atoms with Gasteiger partial charge in [0.15, 0.2) is 0 Å². The van der Waals surface area contributed by atoms with Crippen molar-refractivity contribution in [3.8, 4) is 0 Å². The fraction of sp³-hybridized carbons (Fsp3) is 0.400. The number of carbonyl (C=O) groups is 1. The number of rotatable bonds is 3. The van der Waals surface area contributed by atoms with Gasteiger partial charge in [0.2, 0.25) is 0 Å². The lowest BCUT2D eigenvalue weighted by Crippen LogP contribution is -1.95. The van der Waals surface area contributed by atoms with Crippen LogP contribution in [0.15, 0.2) is 12.1 Å². The molecule has 0 saturated carbocycles. The highest BCUT2D eigenvalue weighted by Gasteiger charge is 2.11. The highest BCUT2D eigenvalue weighted by molar-refractivity contribution is 5.89. The van der Waals surface area contributed by atoms with Crippen molar-refractivity contribution in [1.82, 2.24) is 4.98 Å². The predicted molar refractivity (Wildman–Crippen MR) is 71.5 cm³/mol. The average Bonchev–Trinajstić information content (AvgIpc) is 2.51. The van der Waals surface area contributed by atoms with Gasteiger partial charge in [0, 0.05) is 23.0 Å². The molecule has 2 nitrogen and oxygen atoms in total. The molecule has 1 heterocycles. The normalized spacial score (nSPS) is 11.1. The summed E-state index contributed by atoms with van der Waals surface area (Å²) in [6.45, 7) is 7.99. The zero-order chi connectivity index (χ0) is 12.6. The number of benzene rings is 1. The fourth-order valence-electron chi connectivity index (χ4n) is 2.55. The molecule has 0 radical (unpaired) electrons. The summed E-state index contributed by atoms with van der Waals surface area (Å²) in [5, 5.41) is 1.30. The molecule has 0 unspecified atom stereocenters. The van der Waals surface area contributed by atoms with Crippen LogP contribution in [-0.2, 0) is 11.2 Å². The van der Waals surface area contributed by atoms with Gasteiger partial charge in [-0.3, -0.25) is 0 Å². The average molecular weight is 229 g/mol. The van der Waals surface area contributed by atoms with E-state index in [-0.39, 0.29) is 5.78 Å². The SMILES string of the molecule is CC(=O)CCc1c(C)[nH]c2cc(C)cc(C)c12. The van der Waals surface area contributed by atoms with Crippen molar-refractivity contribution >= 4 is 16.7 Å². The van der Waals surface area contributed by atoms with Crippen molar-refractivity contribution in [2.45, 2.75) is 40.5 Å². The lowest BCUT2D eigenvalue weighted by atomic mass is 10.00. The molecule has 0 amide bonds. The van der Waals surface area contributed by atoms with Gasteiger partial charge in [-0.25, -0.2) is 0 Å². The molecule has 0 bridgehead atoms. The summed E-state index contributed by atoms with van der Waals surface area (Å²) in [5.41, 5.74) is 6.25. The maximum Gasteiger partial charge on any atom is 0.130 e. The van der Waals surface area contributed by atoms with Crippen molar-refractivity contribution < 1.29 is 4.79 Å². The summed E-state index contributed by atoms with van der Waals surface area (Å²) in [4.78, 5) is 14.5. The molecule has 0 fully saturated rings. The van der Waals surface area contributed by atoms with E-state index in [0.29, 0.717) is 6.42 Å². The summed E-state index contributed by atoms with van der Waals surface area (Å²) in [7, 11) is 0. The Morgan fingerprint density at radius 2 is 1.94 bits per heavy atom. The number of aryl methyl sites for hydroxylation is 4. The first kappa shape index (κ1) is 11.9. The lowest BCUT2D eigenvalue weighted by Gasteiger charge is -2.03. The number of nitrogens with one attached hydrogen (secondary N) is 1. The van der Waals surface area contributed by atoms with Crippen LogP contribution in [-0.4, -0.2) is 10.8 Å². The van der Waals surface area contributed by atoms with Crippen LogP contribution in [0.25, 0.3) is 10.9 Å². The predicted octanol–water partition coefficient (Wildman–Crippen LogP) is 3.61. The van der Waals surface area contributed by atoms with Crippen molar-refractivity contribution in [1.29, 1.82) is 0 Å². The number of fused-ring (bicyclic) bond motifs is 1. The third-order valence-corrected chi connectivity index (χ3v) is 3.28. The highest BCUT2D eigenvalue weighted by Crippen LogP contribution is 2.27. The first-order valence-corrected chi connectivity index (χ1v) is 6.07. The number of hydrogen-bond donors (Lipinski definition) is 1. The van der Waals surface area contributed by atoms with Gasteiger partial charge in [0.1, 0.15) is 5.78 Å². The zero-order valence-corrected chi connectivity index (χ0v) is 11.0. The van der Waals surface area contributed by atoms with Gasteiger partial charge in [-0.1, -0.05) is 6.07 Å². The molecular weight excluding hydrogens is 210 g/mol. The molecule has 2 aromatic rings. The number of ketones is 1. The van der Waals surface area contributed by atoms with Crippen molar-refractivity contribution in [3.05, 3.63) is 34.5 Å². The molecule has 1 N–H and O–H groups in total. The largest absolute Gasteiger partial charge is 0.358 e. The van der Waals surface area contributed by atoms with Crippen molar-refractivity contribution in [2.24, 2.45) is 0 Å². The van der Waals surface area contributed by atoms with Crippen LogP contribution in [0.1, 0.15) is 35.7 Å². The van der Waals surface area contributed by atoms with E-state index in [0.717, 1.165) is 6.42 Å². The van der Waals surface area contributed by atoms with Gasteiger partial charge < -0.3 is 9.78 Å². The number of carbonyl (C=O) groups excluding carboxylic acids is 1. The Morgan fingerprint density at radius 3 is 2.59 bits per heavy atom. The van der Waals surface area contributed by atoms with Gasteiger partial charge >= 0.3 is 0 Å². The summed E-state index contributed by atoms with van der Waals surface area (Å²) >= 11 is 0. The number of H-pyrrole nitrogens is 1. The molecule has 0 aliphatic rings. The Labute approximate surface area is 102 Å². The van der Waals surface area contributed by atoms with E-state index in [1.807, 2.05) is 0 Å². The molecule has 2 rings (SSSR count).